The molecule has 8 heteroatoms. The van der Waals surface area contributed by atoms with Gasteiger partial charge in [-0.1, -0.05) is 71.1 Å². The lowest BCUT2D eigenvalue weighted by Crippen LogP contribution is -2.20. The van der Waals surface area contributed by atoms with E-state index in [1.807, 2.05) is 56.3 Å². The molecule has 0 radical (unpaired) electrons. The Morgan fingerprint density at radius 1 is 1.15 bits per heavy atom. The van der Waals surface area contributed by atoms with E-state index >= 15 is 0 Å². The molecule has 1 amide bonds. The summed E-state index contributed by atoms with van der Waals surface area (Å²) in [6.07, 6.45) is 0. The van der Waals surface area contributed by atoms with Crippen molar-refractivity contribution in [3.63, 3.8) is 0 Å². The number of carbonyl (C=O) groups is 1. The molecule has 3 rings (SSSR count). The van der Waals surface area contributed by atoms with Crippen LogP contribution in [0.2, 0.25) is 5.02 Å². The van der Waals surface area contributed by atoms with E-state index in [-0.39, 0.29) is 12.5 Å². The smallest absolute Gasteiger partial charge is 0.264 e. The number of para-hydroxylation sites is 1. The maximum Gasteiger partial charge on any atom is 0.264 e. The molecule has 0 spiro atoms. The van der Waals surface area contributed by atoms with Gasteiger partial charge in [-0.25, -0.2) is 0 Å². The van der Waals surface area contributed by atoms with Crippen molar-refractivity contribution in [2.45, 2.75) is 23.9 Å². The van der Waals surface area contributed by atoms with Gasteiger partial charge in [-0.3, -0.25) is 10.1 Å². The molecule has 0 saturated heterocycles. The van der Waals surface area contributed by atoms with Crippen LogP contribution in [0.1, 0.15) is 16.7 Å². The van der Waals surface area contributed by atoms with E-state index < -0.39 is 0 Å². The molecule has 0 fully saturated rings. The summed E-state index contributed by atoms with van der Waals surface area (Å²) >= 11 is 9.01. The highest BCUT2D eigenvalue weighted by Gasteiger charge is 2.11. The van der Waals surface area contributed by atoms with Crippen molar-refractivity contribution in [1.82, 2.24) is 10.2 Å². The second kappa shape index (κ2) is 9.21. The van der Waals surface area contributed by atoms with Crippen LogP contribution in [0.25, 0.3) is 0 Å². The molecule has 27 heavy (non-hydrogen) atoms. The quantitative estimate of drug-likeness (QED) is 0.425. The second-order valence-electron chi connectivity index (χ2n) is 5.81. The lowest BCUT2D eigenvalue weighted by atomic mass is 10.1. The Balaban J connectivity index is 1.51. The van der Waals surface area contributed by atoms with Crippen LogP contribution in [0, 0.1) is 13.8 Å². The van der Waals surface area contributed by atoms with Gasteiger partial charge in [-0.05, 0) is 36.6 Å². The van der Waals surface area contributed by atoms with Crippen molar-refractivity contribution in [2.24, 2.45) is 0 Å². The molecule has 5 nitrogen and oxygen atoms in total. The first-order valence-electron chi connectivity index (χ1n) is 8.21. The zero-order valence-corrected chi connectivity index (χ0v) is 17.2. The van der Waals surface area contributed by atoms with Crippen molar-refractivity contribution >= 4 is 45.7 Å². The third kappa shape index (κ3) is 5.45. The van der Waals surface area contributed by atoms with E-state index in [2.05, 4.69) is 15.5 Å². The molecule has 0 saturated carbocycles. The van der Waals surface area contributed by atoms with Gasteiger partial charge in [0.05, 0.1) is 0 Å². The molecule has 0 aliphatic heterocycles. The number of anilines is 1. The highest BCUT2D eigenvalue weighted by Crippen LogP contribution is 2.30. The van der Waals surface area contributed by atoms with Gasteiger partial charge in [0.2, 0.25) is 5.13 Å². The lowest BCUT2D eigenvalue weighted by Gasteiger charge is -2.11. The standard InChI is InChI=1S/C19H18ClN3O2S2/c1-12-6-5-7-13(2)17(12)25-10-16(24)21-18-22-23-19(27-18)26-11-14-8-3-4-9-15(14)20/h3-9H,10-11H2,1-2H3,(H,21,22,24). The average Bonchev–Trinajstić information content (AvgIpc) is 3.08. The molecular formula is C19H18ClN3O2S2. The SMILES string of the molecule is Cc1cccc(C)c1OCC(=O)Nc1nnc(SCc2ccccc2Cl)s1. The Kier molecular flexibility index (Phi) is 6.71. The third-order valence-electron chi connectivity index (χ3n) is 3.72. The first kappa shape index (κ1) is 19.7. The second-order valence-corrected chi connectivity index (χ2v) is 8.42. The van der Waals surface area contributed by atoms with Crippen molar-refractivity contribution < 1.29 is 9.53 Å². The minimum absolute atomic E-state index is 0.0760. The Morgan fingerprint density at radius 2 is 1.89 bits per heavy atom. The fourth-order valence-electron chi connectivity index (χ4n) is 2.39. The van der Waals surface area contributed by atoms with Crippen LogP contribution >= 0.6 is 34.7 Å². The maximum atomic E-state index is 12.1. The first-order chi connectivity index (χ1) is 13.0. The van der Waals surface area contributed by atoms with Crippen molar-refractivity contribution in [1.29, 1.82) is 0 Å². The minimum atomic E-state index is -0.267. The van der Waals surface area contributed by atoms with Crippen LogP contribution < -0.4 is 10.1 Å². The molecule has 140 valence electrons. The number of halogens is 1. The molecule has 0 aliphatic rings. The minimum Gasteiger partial charge on any atom is -0.483 e. The van der Waals surface area contributed by atoms with Crippen LogP contribution in [0.15, 0.2) is 46.8 Å². The Bertz CT molecular complexity index is 926. The third-order valence-corrected chi connectivity index (χ3v) is 6.11. The number of rotatable bonds is 7. The molecule has 1 N–H and O–H groups in total. The van der Waals surface area contributed by atoms with Crippen LogP contribution in [0.5, 0.6) is 5.75 Å². The Labute approximate surface area is 171 Å². The van der Waals surface area contributed by atoms with E-state index in [0.29, 0.717) is 10.9 Å². The van der Waals surface area contributed by atoms with Crippen molar-refractivity contribution in [2.75, 3.05) is 11.9 Å². The number of aromatic nitrogens is 2. The van der Waals surface area contributed by atoms with E-state index in [1.165, 1.54) is 23.1 Å². The summed E-state index contributed by atoms with van der Waals surface area (Å²) in [6, 6.07) is 13.5. The monoisotopic (exact) mass is 419 g/mol. The largest absolute Gasteiger partial charge is 0.483 e. The highest BCUT2D eigenvalue weighted by molar-refractivity contribution is 8.00. The molecule has 0 unspecified atom stereocenters. The summed E-state index contributed by atoms with van der Waals surface area (Å²) in [5.74, 6) is 1.16. The number of hydrogen-bond acceptors (Lipinski definition) is 6. The molecular weight excluding hydrogens is 402 g/mol. The van der Waals surface area contributed by atoms with Gasteiger partial charge >= 0.3 is 0 Å². The number of benzene rings is 2. The molecule has 1 aromatic heterocycles. The number of ether oxygens (including phenoxy) is 1. The van der Waals surface area contributed by atoms with Crippen LogP contribution in [0.3, 0.4) is 0 Å². The van der Waals surface area contributed by atoms with Gasteiger partial charge in [-0.15, -0.1) is 10.2 Å². The highest BCUT2D eigenvalue weighted by atomic mass is 35.5. The van der Waals surface area contributed by atoms with Crippen molar-refractivity contribution in [3.05, 3.63) is 64.2 Å². The summed E-state index contributed by atoms with van der Waals surface area (Å²) in [7, 11) is 0. The topological polar surface area (TPSA) is 64.1 Å². The first-order valence-corrected chi connectivity index (χ1v) is 10.4. The number of thioether (sulfide) groups is 1. The van der Waals surface area contributed by atoms with E-state index in [1.54, 1.807) is 0 Å². The molecule has 0 bridgehead atoms. The summed E-state index contributed by atoms with van der Waals surface area (Å²) in [5, 5.41) is 12.0. The number of hydrogen-bond donors (Lipinski definition) is 1. The number of amides is 1. The molecule has 0 atom stereocenters. The number of carbonyl (C=O) groups excluding carboxylic acids is 1. The lowest BCUT2D eigenvalue weighted by molar-refractivity contribution is -0.118. The van der Waals surface area contributed by atoms with Gasteiger partial charge in [0.15, 0.2) is 10.9 Å². The molecule has 1 heterocycles. The van der Waals surface area contributed by atoms with E-state index in [0.717, 1.165) is 31.8 Å². The zero-order valence-electron chi connectivity index (χ0n) is 14.9. The molecule has 2 aromatic carbocycles. The van der Waals surface area contributed by atoms with E-state index in [4.69, 9.17) is 16.3 Å². The number of aryl methyl sites for hydroxylation is 2. The maximum absolute atomic E-state index is 12.1. The normalized spacial score (nSPS) is 10.6. The van der Waals surface area contributed by atoms with Gasteiger partial charge in [0, 0.05) is 10.8 Å². The predicted octanol–water partition coefficient (Wildman–Crippen LogP) is 5.12. The summed E-state index contributed by atoms with van der Waals surface area (Å²) < 4.78 is 6.42. The van der Waals surface area contributed by atoms with Crippen LogP contribution in [-0.2, 0) is 10.5 Å². The average molecular weight is 420 g/mol. The fourth-order valence-corrected chi connectivity index (χ4v) is 4.45. The van der Waals surface area contributed by atoms with Gasteiger partial charge in [0.1, 0.15) is 5.75 Å². The number of nitrogens with zero attached hydrogens (tertiary/aromatic N) is 2. The van der Waals surface area contributed by atoms with Gasteiger partial charge < -0.3 is 4.74 Å². The fraction of sp³-hybridized carbons (Fsp3) is 0.211. The summed E-state index contributed by atoms with van der Waals surface area (Å²) in [4.78, 5) is 12.1. The van der Waals surface area contributed by atoms with Gasteiger partial charge in [-0.2, -0.15) is 0 Å². The summed E-state index contributed by atoms with van der Waals surface area (Å²) in [5.41, 5.74) is 3.03. The molecule has 0 aliphatic carbocycles. The van der Waals surface area contributed by atoms with Crippen LogP contribution in [-0.4, -0.2) is 22.7 Å². The van der Waals surface area contributed by atoms with Gasteiger partial charge in [0.25, 0.3) is 5.91 Å². The Morgan fingerprint density at radius 3 is 2.63 bits per heavy atom. The zero-order chi connectivity index (χ0) is 19.2. The molecule has 3 aromatic rings. The van der Waals surface area contributed by atoms with E-state index in [9.17, 15) is 4.79 Å². The van der Waals surface area contributed by atoms with Crippen molar-refractivity contribution in [3.8, 4) is 5.75 Å². The Hall–Kier alpha value is -2.09. The predicted molar refractivity (Wildman–Crippen MR) is 111 cm³/mol. The van der Waals surface area contributed by atoms with Crippen LogP contribution in [0.4, 0.5) is 5.13 Å². The summed E-state index contributed by atoms with van der Waals surface area (Å²) in [6.45, 7) is 3.83. The number of nitrogens with one attached hydrogen (secondary N) is 1.